The molecule has 0 aliphatic rings. The summed E-state index contributed by atoms with van der Waals surface area (Å²) in [6.07, 6.45) is 0. The average molecular weight is 238 g/mol. The Bertz CT molecular complexity index is 808. The quantitative estimate of drug-likeness (QED) is 0.434. The van der Waals surface area contributed by atoms with E-state index in [1.54, 1.807) is 0 Å². The second kappa shape index (κ2) is 3.98. The molecule has 1 heterocycles. The summed E-state index contributed by atoms with van der Waals surface area (Å²) in [6, 6.07) is 14.7. The Hall–Kier alpha value is -2.09. The maximum absolute atomic E-state index is 5.94. The molecule has 0 spiro atoms. The van der Waals surface area contributed by atoms with E-state index in [0.29, 0.717) is 0 Å². The van der Waals surface area contributed by atoms with Crippen LogP contribution in [0.4, 0.5) is 0 Å². The Balaban J connectivity index is 2.57. The number of fused-ring (bicyclic) bond motifs is 3. The Morgan fingerprint density at radius 2 is 1.78 bits per heavy atom. The fourth-order valence-electron chi connectivity index (χ4n) is 2.36. The van der Waals surface area contributed by atoms with Crippen molar-refractivity contribution in [1.29, 1.82) is 0 Å². The van der Waals surface area contributed by atoms with Gasteiger partial charge in [-0.05, 0) is 29.3 Å². The van der Waals surface area contributed by atoms with E-state index in [9.17, 15) is 0 Å². The molecule has 0 fully saturated rings. The van der Waals surface area contributed by atoms with E-state index < -0.39 is 0 Å². The van der Waals surface area contributed by atoms with Crippen molar-refractivity contribution in [2.75, 3.05) is 14.1 Å². The van der Waals surface area contributed by atoms with Crippen LogP contribution in [0.2, 0.25) is 0 Å². The van der Waals surface area contributed by atoms with Crippen molar-refractivity contribution in [3.05, 3.63) is 53.6 Å². The number of nitrogens with zero attached hydrogens (tertiary/aromatic N) is 1. The van der Waals surface area contributed by atoms with Crippen molar-refractivity contribution in [3.63, 3.8) is 0 Å². The maximum Gasteiger partial charge on any atom is 0.367 e. The van der Waals surface area contributed by atoms with E-state index in [1.807, 2.05) is 18.7 Å². The predicted octanol–water partition coefficient (Wildman–Crippen LogP) is 2.93. The largest absolute Gasteiger partial charge is 0.405 e. The first-order valence-electron chi connectivity index (χ1n) is 6.09. The minimum absolute atomic E-state index is 0.885. The first kappa shape index (κ1) is 11.0. The number of benzene rings is 2. The lowest BCUT2D eigenvalue weighted by Gasteiger charge is -2.05. The molecular formula is C16H16NO+. The van der Waals surface area contributed by atoms with Gasteiger partial charge in [0, 0.05) is 5.39 Å². The van der Waals surface area contributed by atoms with Crippen molar-refractivity contribution in [2.24, 2.45) is 0 Å². The van der Waals surface area contributed by atoms with Gasteiger partial charge in [-0.3, -0.25) is 0 Å². The monoisotopic (exact) mass is 238 g/mol. The van der Waals surface area contributed by atoms with E-state index in [4.69, 9.17) is 4.42 Å². The summed E-state index contributed by atoms with van der Waals surface area (Å²) in [4.78, 5) is 0. The summed E-state index contributed by atoms with van der Waals surface area (Å²) in [5.41, 5.74) is 3.07. The van der Waals surface area contributed by atoms with E-state index in [-0.39, 0.29) is 0 Å². The third-order valence-corrected chi connectivity index (χ3v) is 3.28. The molecule has 0 aliphatic heterocycles. The van der Waals surface area contributed by atoms with Crippen LogP contribution in [0, 0.1) is 6.92 Å². The van der Waals surface area contributed by atoms with Gasteiger partial charge < -0.3 is 4.42 Å². The molecule has 0 bridgehead atoms. The van der Waals surface area contributed by atoms with Crippen molar-refractivity contribution >= 4 is 21.7 Å². The van der Waals surface area contributed by atoms with Crippen LogP contribution >= 0.6 is 0 Å². The van der Waals surface area contributed by atoms with Crippen molar-refractivity contribution in [3.8, 4) is 0 Å². The molecule has 0 aliphatic carbocycles. The standard InChI is InChI=1S/C16H16NO/c1-11-10-15(17(2)3)18-14-9-8-12-6-4-5-7-13(12)16(11)14/h4-10H,1-3H3/q+1. The lowest BCUT2D eigenvalue weighted by atomic mass is 10.0. The molecule has 2 heteroatoms. The average Bonchev–Trinajstić information content (AvgIpc) is 2.37. The van der Waals surface area contributed by atoms with Crippen molar-refractivity contribution < 1.29 is 4.42 Å². The van der Waals surface area contributed by atoms with Gasteiger partial charge in [0.25, 0.3) is 0 Å². The lowest BCUT2D eigenvalue weighted by Crippen LogP contribution is -2.21. The molecule has 0 saturated carbocycles. The van der Waals surface area contributed by atoms with Crippen molar-refractivity contribution in [2.45, 2.75) is 6.92 Å². The van der Waals surface area contributed by atoms with Crippen LogP contribution in [0.15, 0.2) is 46.9 Å². The summed E-state index contributed by atoms with van der Waals surface area (Å²) in [6.45, 7) is 2.14. The van der Waals surface area contributed by atoms with E-state index >= 15 is 0 Å². The Kier molecular flexibility index (Phi) is 2.44. The molecule has 3 aromatic rings. The first-order valence-corrected chi connectivity index (χ1v) is 6.09. The first-order chi connectivity index (χ1) is 8.66. The second-order valence-electron chi connectivity index (χ2n) is 4.82. The minimum Gasteiger partial charge on any atom is -0.405 e. The van der Waals surface area contributed by atoms with Crippen LogP contribution in [0.5, 0.6) is 0 Å². The summed E-state index contributed by atoms with van der Waals surface area (Å²) < 4.78 is 7.93. The van der Waals surface area contributed by atoms with Gasteiger partial charge in [-0.25, -0.2) is 4.58 Å². The molecule has 3 rings (SSSR count). The highest BCUT2D eigenvalue weighted by Gasteiger charge is 2.07. The van der Waals surface area contributed by atoms with Crippen LogP contribution in [0.25, 0.3) is 21.7 Å². The molecule has 0 atom stereocenters. The van der Waals surface area contributed by atoms with Gasteiger partial charge in [0.05, 0.1) is 6.07 Å². The van der Waals surface area contributed by atoms with Gasteiger partial charge in [-0.15, -0.1) is 0 Å². The summed E-state index contributed by atoms with van der Waals surface area (Å²) >= 11 is 0. The molecule has 2 aromatic carbocycles. The highest BCUT2D eigenvalue weighted by atomic mass is 16.3. The van der Waals surface area contributed by atoms with Gasteiger partial charge >= 0.3 is 5.55 Å². The molecule has 90 valence electrons. The van der Waals surface area contributed by atoms with Crippen LogP contribution < -0.4 is 10.1 Å². The fourth-order valence-corrected chi connectivity index (χ4v) is 2.36. The van der Waals surface area contributed by atoms with Crippen LogP contribution in [-0.2, 0) is 0 Å². The zero-order valence-corrected chi connectivity index (χ0v) is 10.9. The molecular weight excluding hydrogens is 222 g/mol. The molecule has 18 heavy (non-hydrogen) atoms. The van der Waals surface area contributed by atoms with Gasteiger partial charge in [0.2, 0.25) is 0 Å². The normalized spacial score (nSPS) is 11.1. The molecule has 0 unspecified atom stereocenters. The summed E-state index contributed by atoms with van der Waals surface area (Å²) in [7, 11) is 3.98. The van der Waals surface area contributed by atoms with Gasteiger partial charge in [0.15, 0.2) is 0 Å². The highest BCUT2D eigenvalue weighted by molar-refractivity contribution is 6.06. The summed E-state index contributed by atoms with van der Waals surface area (Å²) in [5, 5.41) is 3.71. The van der Waals surface area contributed by atoms with E-state index in [0.717, 1.165) is 11.1 Å². The Morgan fingerprint density at radius 3 is 2.56 bits per heavy atom. The maximum atomic E-state index is 5.94. The topological polar surface area (TPSA) is 16.1 Å². The zero-order chi connectivity index (χ0) is 12.7. The van der Waals surface area contributed by atoms with Crippen LogP contribution in [-0.4, -0.2) is 14.1 Å². The number of hydrogen-bond donors (Lipinski definition) is 0. The SMILES string of the molecule is Cc1cc(=[N+](C)C)oc2ccc3ccccc3c12. The molecule has 0 saturated heterocycles. The lowest BCUT2D eigenvalue weighted by molar-refractivity contribution is 0.493. The third-order valence-electron chi connectivity index (χ3n) is 3.28. The number of hydrogen-bond acceptors (Lipinski definition) is 1. The van der Waals surface area contributed by atoms with Crippen LogP contribution in [0.1, 0.15) is 5.56 Å². The number of aryl methyl sites for hydroxylation is 1. The third kappa shape index (κ3) is 1.61. The van der Waals surface area contributed by atoms with Gasteiger partial charge in [0.1, 0.15) is 19.7 Å². The predicted molar refractivity (Wildman–Crippen MR) is 75.6 cm³/mol. The van der Waals surface area contributed by atoms with Crippen molar-refractivity contribution in [1.82, 2.24) is 4.58 Å². The van der Waals surface area contributed by atoms with Gasteiger partial charge in [-0.2, -0.15) is 0 Å². The summed E-state index contributed by atoms with van der Waals surface area (Å²) in [5.74, 6) is 0. The molecule has 2 nitrogen and oxygen atoms in total. The molecule has 0 amide bonds. The van der Waals surface area contributed by atoms with E-state index in [1.165, 1.54) is 21.7 Å². The number of rotatable bonds is 0. The molecule has 0 N–H and O–H groups in total. The molecule has 1 aromatic heterocycles. The molecule has 0 radical (unpaired) electrons. The fraction of sp³-hybridized carbons (Fsp3) is 0.188. The highest BCUT2D eigenvalue weighted by Crippen LogP contribution is 2.26. The Labute approximate surface area is 106 Å². The Morgan fingerprint density at radius 1 is 1.00 bits per heavy atom. The van der Waals surface area contributed by atoms with Gasteiger partial charge in [-0.1, -0.05) is 30.3 Å². The smallest absolute Gasteiger partial charge is 0.367 e. The zero-order valence-electron chi connectivity index (χ0n) is 10.9. The van der Waals surface area contributed by atoms with Crippen LogP contribution in [0.3, 0.4) is 0 Å². The second-order valence-corrected chi connectivity index (χ2v) is 4.82. The van der Waals surface area contributed by atoms with E-state index in [2.05, 4.69) is 49.4 Å². The minimum atomic E-state index is 0.885.